The van der Waals surface area contributed by atoms with Crippen LogP contribution in [0.2, 0.25) is 0 Å². The number of esters is 1. The van der Waals surface area contributed by atoms with Crippen molar-refractivity contribution in [2.75, 3.05) is 26.7 Å². The Hall–Kier alpha value is -1.10. The molecule has 1 amide bonds. The van der Waals surface area contributed by atoms with Gasteiger partial charge in [0, 0.05) is 25.6 Å². The topological polar surface area (TPSA) is 49.9 Å². The summed E-state index contributed by atoms with van der Waals surface area (Å²) >= 11 is 0. The monoisotopic (exact) mass is 284 g/mol. The summed E-state index contributed by atoms with van der Waals surface area (Å²) in [4.78, 5) is 28.0. The van der Waals surface area contributed by atoms with Crippen LogP contribution in [0.5, 0.6) is 0 Å². The Kier molecular flexibility index (Phi) is 5.99. The predicted octanol–water partition coefficient (Wildman–Crippen LogP) is 1.66. The third-order valence-corrected chi connectivity index (χ3v) is 3.33. The van der Waals surface area contributed by atoms with E-state index in [4.69, 9.17) is 4.74 Å². The molecule has 0 aromatic heterocycles. The highest BCUT2D eigenvalue weighted by Gasteiger charge is 2.25. The summed E-state index contributed by atoms with van der Waals surface area (Å²) in [5, 5.41) is 0. The smallest absolute Gasteiger partial charge is 0.306 e. The molecule has 5 heteroatoms. The molecular weight excluding hydrogens is 256 g/mol. The predicted molar refractivity (Wildman–Crippen MR) is 78.4 cm³/mol. The lowest BCUT2D eigenvalue weighted by Gasteiger charge is -2.28. The molecule has 0 aliphatic carbocycles. The largest absolute Gasteiger partial charge is 0.460 e. The van der Waals surface area contributed by atoms with Crippen LogP contribution >= 0.6 is 0 Å². The van der Waals surface area contributed by atoms with Crippen molar-refractivity contribution in [3.63, 3.8) is 0 Å². The van der Waals surface area contributed by atoms with E-state index < -0.39 is 5.60 Å². The average Bonchev–Trinajstić information content (AvgIpc) is 2.44. The maximum Gasteiger partial charge on any atom is 0.306 e. The van der Waals surface area contributed by atoms with E-state index in [0.717, 1.165) is 26.1 Å². The van der Waals surface area contributed by atoms with E-state index in [1.165, 1.54) is 0 Å². The number of hydrogen-bond donors (Lipinski definition) is 0. The molecule has 0 aromatic carbocycles. The molecule has 0 radical (unpaired) electrons. The fourth-order valence-electron chi connectivity index (χ4n) is 2.49. The fraction of sp³-hybridized carbons (Fsp3) is 0.867. The van der Waals surface area contributed by atoms with Crippen molar-refractivity contribution in [2.45, 2.75) is 58.6 Å². The van der Waals surface area contributed by atoms with E-state index in [9.17, 15) is 9.59 Å². The van der Waals surface area contributed by atoms with Crippen molar-refractivity contribution in [1.29, 1.82) is 0 Å². The Morgan fingerprint density at radius 2 is 1.85 bits per heavy atom. The number of carbonyl (C=O) groups is 2. The van der Waals surface area contributed by atoms with E-state index in [1.54, 1.807) is 0 Å². The lowest BCUT2D eigenvalue weighted by Crippen LogP contribution is -2.42. The normalized spacial score (nSPS) is 21.4. The molecule has 0 saturated carbocycles. The zero-order chi connectivity index (χ0) is 15.3. The number of nitrogens with zero attached hydrogens (tertiary/aromatic N) is 2. The van der Waals surface area contributed by atoms with Crippen LogP contribution in [0.3, 0.4) is 0 Å². The van der Waals surface area contributed by atoms with Crippen molar-refractivity contribution in [3.8, 4) is 0 Å². The van der Waals surface area contributed by atoms with Crippen molar-refractivity contribution < 1.29 is 14.3 Å². The molecular formula is C15H28N2O3. The first kappa shape index (κ1) is 17.0. The van der Waals surface area contributed by atoms with Crippen LogP contribution in [0.1, 0.15) is 47.0 Å². The van der Waals surface area contributed by atoms with E-state index in [-0.39, 0.29) is 30.8 Å². The van der Waals surface area contributed by atoms with Gasteiger partial charge in [-0.2, -0.15) is 0 Å². The lowest BCUT2D eigenvalue weighted by atomic mass is 10.2. The number of likely N-dealkylation sites (N-methyl/N-ethyl adjacent to an activating group) is 1. The summed E-state index contributed by atoms with van der Waals surface area (Å²) < 4.78 is 5.23. The third kappa shape index (κ3) is 5.90. The average molecular weight is 284 g/mol. The number of ether oxygens (including phenoxy) is 1. The van der Waals surface area contributed by atoms with Gasteiger partial charge < -0.3 is 14.5 Å². The maximum atomic E-state index is 12.2. The first-order valence-corrected chi connectivity index (χ1v) is 7.39. The van der Waals surface area contributed by atoms with Gasteiger partial charge in [0.05, 0.1) is 6.42 Å². The number of hydrogen-bond acceptors (Lipinski definition) is 4. The Morgan fingerprint density at radius 3 is 2.45 bits per heavy atom. The van der Waals surface area contributed by atoms with Gasteiger partial charge in [0.2, 0.25) is 5.91 Å². The Balaban J connectivity index is 2.44. The fourth-order valence-corrected chi connectivity index (χ4v) is 2.49. The van der Waals surface area contributed by atoms with Crippen molar-refractivity contribution in [3.05, 3.63) is 0 Å². The van der Waals surface area contributed by atoms with Crippen LogP contribution in [0, 0.1) is 0 Å². The van der Waals surface area contributed by atoms with Gasteiger partial charge in [-0.05, 0) is 47.7 Å². The number of amides is 1. The van der Waals surface area contributed by atoms with E-state index >= 15 is 0 Å². The van der Waals surface area contributed by atoms with Gasteiger partial charge in [-0.1, -0.05) is 0 Å². The summed E-state index contributed by atoms with van der Waals surface area (Å²) in [6.07, 6.45) is 1.39. The summed E-state index contributed by atoms with van der Waals surface area (Å²) in [7, 11) is 2.07. The van der Waals surface area contributed by atoms with Crippen LogP contribution in [-0.4, -0.2) is 60.0 Å². The molecule has 0 N–H and O–H groups in total. The molecule has 1 aliphatic heterocycles. The van der Waals surface area contributed by atoms with E-state index in [2.05, 4.69) is 18.9 Å². The second-order valence-electron chi connectivity index (χ2n) is 6.64. The van der Waals surface area contributed by atoms with Crippen molar-refractivity contribution in [2.24, 2.45) is 0 Å². The zero-order valence-electron chi connectivity index (χ0n) is 13.4. The molecule has 0 aromatic rings. The van der Waals surface area contributed by atoms with Gasteiger partial charge in [-0.3, -0.25) is 9.59 Å². The second kappa shape index (κ2) is 7.07. The van der Waals surface area contributed by atoms with Crippen LogP contribution in [-0.2, 0) is 14.3 Å². The first-order valence-electron chi connectivity index (χ1n) is 7.39. The molecule has 5 nitrogen and oxygen atoms in total. The van der Waals surface area contributed by atoms with Gasteiger partial charge in [0.1, 0.15) is 5.60 Å². The summed E-state index contributed by atoms with van der Waals surface area (Å²) in [5.74, 6) is -0.246. The summed E-state index contributed by atoms with van der Waals surface area (Å²) in [6.45, 7) is 10.2. The standard InChI is InChI=1S/C15H28N2O3/c1-12-11-16(5)9-6-10-17(12)13(18)7-8-14(19)20-15(2,3)4/h12H,6-11H2,1-5H3. The van der Waals surface area contributed by atoms with Crippen LogP contribution in [0.25, 0.3) is 0 Å². The minimum atomic E-state index is -0.487. The molecule has 1 atom stereocenters. The van der Waals surface area contributed by atoms with Gasteiger partial charge in [-0.25, -0.2) is 0 Å². The Labute approximate surface area is 122 Å². The highest BCUT2D eigenvalue weighted by Crippen LogP contribution is 2.13. The maximum absolute atomic E-state index is 12.2. The van der Waals surface area contributed by atoms with Gasteiger partial charge in [0.15, 0.2) is 0 Å². The zero-order valence-corrected chi connectivity index (χ0v) is 13.4. The third-order valence-electron chi connectivity index (χ3n) is 3.33. The van der Waals surface area contributed by atoms with E-state index in [0.29, 0.717) is 0 Å². The van der Waals surface area contributed by atoms with Crippen molar-refractivity contribution >= 4 is 11.9 Å². The SMILES string of the molecule is CC1CN(C)CCCN1C(=O)CCC(=O)OC(C)(C)C. The van der Waals surface area contributed by atoms with Gasteiger partial charge >= 0.3 is 5.97 Å². The molecule has 1 rings (SSSR count). The minimum Gasteiger partial charge on any atom is -0.460 e. The first-order chi connectivity index (χ1) is 9.19. The molecule has 0 bridgehead atoms. The highest BCUT2D eigenvalue weighted by atomic mass is 16.6. The van der Waals surface area contributed by atoms with Gasteiger partial charge in [-0.15, -0.1) is 0 Å². The Morgan fingerprint density at radius 1 is 1.20 bits per heavy atom. The molecule has 1 fully saturated rings. The van der Waals surface area contributed by atoms with Crippen LogP contribution in [0.15, 0.2) is 0 Å². The molecule has 1 unspecified atom stereocenters. The van der Waals surface area contributed by atoms with E-state index in [1.807, 2.05) is 25.7 Å². The molecule has 116 valence electrons. The second-order valence-corrected chi connectivity index (χ2v) is 6.64. The summed E-state index contributed by atoms with van der Waals surface area (Å²) in [6, 6.07) is 0.202. The Bertz CT molecular complexity index is 350. The van der Waals surface area contributed by atoms with Gasteiger partial charge in [0.25, 0.3) is 0 Å². The van der Waals surface area contributed by atoms with Crippen molar-refractivity contribution in [1.82, 2.24) is 9.80 Å². The molecule has 1 aliphatic rings. The molecule has 1 heterocycles. The number of rotatable bonds is 3. The highest BCUT2D eigenvalue weighted by molar-refractivity contribution is 5.81. The quantitative estimate of drug-likeness (QED) is 0.740. The molecule has 1 saturated heterocycles. The lowest BCUT2D eigenvalue weighted by molar-refractivity contribution is -0.156. The molecule has 20 heavy (non-hydrogen) atoms. The number of carbonyl (C=O) groups excluding carboxylic acids is 2. The molecule has 0 spiro atoms. The minimum absolute atomic E-state index is 0.0543. The van der Waals surface area contributed by atoms with Crippen LogP contribution < -0.4 is 0 Å². The summed E-state index contributed by atoms with van der Waals surface area (Å²) in [5.41, 5.74) is -0.487. The van der Waals surface area contributed by atoms with Crippen LogP contribution in [0.4, 0.5) is 0 Å².